The van der Waals surface area contributed by atoms with Crippen LogP contribution in [0.1, 0.15) is 43.0 Å². The van der Waals surface area contributed by atoms with Gasteiger partial charge in [0.05, 0.1) is 11.1 Å². The molecule has 1 aliphatic rings. The van der Waals surface area contributed by atoms with Gasteiger partial charge in [-0.3, -0.25) is 4.79 Å². The number of fused-ring (bicyclic) bond motifs is 1. The van der Waals surface area contributed by atoms with E-state index in [2.05, 4.69) is 17.2 Å². The van der Waals surface area contributed by atoms with Gasteiger partial charge in [0.2, 0.25) is 0 Å². The topological polar surface area (TPSA) is 70.9 Å². The van der Waals surface area contributed by atoms with Crippen LogP contribution in [0.25, 0.3) is 10.9 Å². The maximum absolute atomic E-state index is 12.7. The Hall–Kier alpha value is -1.81. The van der Waals surface area contributed by atoms with E-state index in [0.29, 0.717) is 18.0 Å². The van der Waals surface area contributed by atoms with Crippen molar-refractivity contribution in [1.82, 2.24) is 10.3 Å². The third-order valence-electron chi connectivity index (χ3n) is 5.01. The summed E-state index contributed by atoms with van der Waals surface area (Å²) in [6.45, 7) is 2.70. The number of benzene rings is 1. The second-order valence-electron chi connectivity index (χ2n) is 6.21. The zero-order chi connectivity index (χ0) is 14.9. The summed E-state index contributed by atoms with van der Waals surface area (Å²) >= 11 is 0. The van der Waals surface area contributed by atoms with Crippen molar-refractivity contribution in [3.63, 3.8) is 0 Å². The summed E-state index contributed by atoms with van der Waals surface area (Å²) < 4.78 is 0. The molecule has 2 unspecified atom stereocenters. The first-order chi connectivity index (χ1) is 10.2. The van der Waals surface area contributed by atoms with Crippen LogP contribution in [-0.4, -0.2) is 23.0 Å². The summed E-state index contributed by atoms with van der Waals surface area (Å²) in [5.41, 5.74) is 7.46. The van der Waals surface area contributed by atoms with Crippen LogP contribution in [0.5, 0.6) is 0 Å². The summed E-state index contributed by atoms with van der Waals surface area (Å²) in [5.74, 6) is 0.400. The maximum Gasteiger partial charge on any atom is 0.253 e. The molecule has 0 spiro atoms. The Kier molecular flexibility index (Phi) is 3.72. The minimum atomic E-state index is -0.256. The highest BCUT2D eigenvalue weighted by Gasteiger charge is 2.38. The van der Waals surface area contributed by atoms with E-state index in [-0.39, 0.29) is 11.4 Å². The van der Waals surface area contributed by atoms with Gasteiger partial charge in [0.15, 0.2) is 0 Å². The van der Waals surface area contributed by atoms with Crippen LogP contribution < -0.4 is 11.1 Å². The Morgan fingerprint density at radius 3 is 3.00 bits per heavy atom. The van der Waals surface area contributed by atoms with Crippen LogP contribution in [0.15, 0.2) is 30.5 Å². The highest BCUT2D eigenvalue weighted by Crippen LogP contribution is 2.33. The largest absolute Gasteiger partial charge is 0.360 e. The fourth-order valence-electron chi connectivity index (χ4n) is 3.51. The van der Waals surface area contributed by atoms with E-state index in [1.807, 2.05) is 24.3 Å². The third kappa shape index (κ3) is 2.44. The van der Waals surface area contributed by atoms with Gasteiger partial charge in [-0.2, -0.15) is 0 Å². The quantitative estimate of drug-likeness (QED) is 0.811. The molecule has 0 bridgehead atoms. The standard InChI is InChI=1S/C17H23N3O/c1-12-6-4-5-9-17(12,11-18)20-16(21)14-10-19-15-8-3-2-7-13(14)15/h2-3,7-8,10,12,19H,4-6,9,11,18H2,1H3,(H,20,21). The van der Waals surface area contributed by atoms with Crippen LogP contribution in [0.4, 0.5) is 0 Å². The molecule has 2 aromatic rings. The minimum Gasteiger partial charge on any atom is -0.360 e. The second kappa shape index (κ2) is 5.53. The molecule has 112 valence electrons. The molecular formula is C17H23N3O. The van der Waals surface area contributed by atoms with Crippen LogP contribution in [0.3, 0.4) is 0 Å². The third-order valence-corrected chi connectivity index (χ3v) is 5.01. The Morgan fingerprint density at radius 2 is 2.24 bits per heavy atom. The zero-order valence-electron chi connectivity index (χ0n) is 12.5. The Balaban J connectivity index is 1.88. The predicted octanol–water partition coefficient (Wildman–Crippen LogP) is 2.81. The van der Waals surface area contributed by atoms with Gasteiger partial charge in [0.1, 0.15) is 0 Å². The first-order valence-electron chi connectivity index (χ1n) is 7.75. The lowest BCUT2D eigenvalue weighted by Crippen LogP contribution is -2.59. The summed E-state index contributed by atoms with van der Waals surface area (Å²) in [4.78, 5) is 15.9. The molecule has 4 nitrogen and oxygen atoms in total. The van der Waals surface area contributed by atoms with Crippen LogP contribution >= 0.6 is 0 Å². The van der Waals surface area contributed by atoms with Crippen molar-refractivity contribution in [3.8, 4) is 0 Å². The van der Waals surface area contributed by atoms with Crippen molar-refractivity contribution in [3.05, 3.63) is 36.0 Å². The molecule has 4 heteroatoms. The molecule has 21 heavy (non-hydrogen) atoms. The Morgan fingerprint density at radius 1 is 1.43 bits per heavy atom. The molecule has 3 rings (SSSR count). The number of nitrogens with two attached hydrogens (primary N) is 1. The van der Waals surface area contributed by atoms with Gasteiger partial charge >= 0.3 is 0 Å². The van der Waals surface area contributed by atoms with Crippen molar-refractivity contribution >= 4 is 16.8 Å². The van der Waals surface area contributed by atoms with Crippen molar-refractivity contribution < 1.29 is 4.79 Å². The highest BCUT2D eigenvalue weighted by atomic mass is 16.1. The molecule has 0 aliphatic heterocycles. The number of carbonyl (C=O) groups excluding carboxylic acids is 1. The number of carbonyl (C=O) groups is 1. The number of H-pyrrole nitrogens is 1. The zero-order valence-corrected chi connectivity index (χ0v) is 12.5. The molecular weight excluding hydrogens is 262 g/mol. The molecule has 1 aliphatic carbocycles. The van der Waals surface area contributed by atoms with Crippen molar-refractivity contribution in [2.75, 3.05) is 6.54 Å². The first-order valence-corrected chi connectivity index (χ1v) is 7.75. The fraction of sp³-hybridized carbons (Fsp3) is 0.471. The van der Waals surface area contributed by atoms with Crippen molar-refractivity contribution in [2.45, 2.75) is 38.1 Å². The van der Waals surface area contributed by atoms with Gasteiger partial charge in [-0.05, 0) is 24.8 Å². The molecule has 2 atom stereocenters. The number of hydrogen-bond donors (Lipinski definition) is 3. The number of amides is 1. The van der Waals surface area contributed by atoms with E-state index < -0.39 is 0 Å². The molecule has 4 N–H and O–H groups in total. The number of aromatic nitrogens is 1. The van der Waals surface area contributed by atoms with E-state index in [9.17, 15) is 4.79 Å². The van der Waals surface area contributed by atoms with Gasteiger partial charge in [-0.1, -0.05) is 38.0 Å². The van der Waals surface area contributed by atoms with Crippen molar-refractivity contribution in [1.29, 1.82) is 0 Å². The maximum atomic E-state index is 12.7. The monoisotopic (exact) mass is 285 g/mol. The van der Waals surface area contributed by atoms with Crippen LogP contribution in [-0.2, 0) is 0 Å². The van der Waals surface area contributed by atoms with E-state index in [0.717, 1.165) is 30.2 Å². The molecule has 0 saturated heterocycles. The lowest BCUT2D eigenvalue weighted by molar-refractivity contribution is 0.0814. The minimum absolute atomic E-state index is 0.0216. The number of nitrogens with one attached hydrogen (secondary N) is 2. The summed E-state index contributed by atoms with van der Waals surface area (Å²) in [7, 11) is 0. The van der Waals surface area contributed by atoms with Gasteiger partial charge in [0, 0.05) is 23.6 Å². The van der Waals surface area contributed by atoms with Gasteiger partial charge in [-0.15, -0.1) is 0 Å². The van der Waals surface area contributed by atoms with E-state index in [4.69, 9.17) is 5.73 Å². The number of para-hydroxylation sites is 1. The molecule has 1 aromatic carbocycles. The molecule has 0 radical (unpaired) electrons. The number of aromatic amines is 1. The van der Waals surface area contributed by atoms with Gasteiger partial charge < -0.3 is 16.0 Å². The average molecular weight is 285 g/mol. The van der Waals surface area contributed by atoms with E-state index in [1.165, 1.54) is 6.42 Å². The predicted molar refractivity (Wildman–Crippen MR) is 85.2 cm³/mol. The second-order valence-corrected chi connectivity index (χ2v) is 6.21. The Labute approximate surface area is 125 Å². The molecule has 1 amide bonds. The summed E-state index contributed by atoms with van der Waals surface area (Å²) in [5, 5.41) is 4.21. The number of hydrogen-bond acceptors (Lipinski definition) is 2. The lowest BCUT2D eigenvalue weighted by atomic mass is 9.73. The SMILES string of the molecule is CC1CCCCC1(CN)NC(=O)c1c[nH]c2ccccc12. The average Bonchev–Trinajstić information content (AvgIpc) is 2.94. The van der Waals surface area contributed by atoms with Crippen LogP contribution in [0, 0.1) is 5.92 Å². The molecule has 1 heterocycles. The Bertz CT molecular complexity index is 648. The number of rotatable bonds is 3. The van der Waals surface area contributed by atoms with Gasteiger partial charge in [-0.25, -0.2) is 0 Å². The molecule has 1 saturated carbocycles. The molecule has 1 aromatic heterocycles. The smallest absolute Gasteiger partial charge is 0.253 e. The van der Waals surface area contributed by atoms with E-state index >= 15 is 0 Å². The lowest BCUT2D eigenvalue weighted by Gasteiger charge is -2.42. The summed E-state index contributed by atoms with van der Waals surface area (Å²) in [6.07, 6.45) is 6.25. The van der Waals surface area contributed by atoms with Crippen molar-refractivity contribution in [2.24, 2.45) is 11.7 Å². The van der Waals surface area contributed by atoms with E-state index in [1.54, 1.807) is 6.20 Å². The highest BCUT2D eigenvalue weighted by molar-refractivity contribution is 6.07. The van der Waals surface area contributed by atoms with Crippen LogP contribution in [0.2, 0.25) is 0 Å². The first kappa shape index (κ1) is 14.1. The van der Waals surface area contributed by atoms with Gasteiger partial charge in [0.25, 0.3) is 5.91 Å². The fourth-order valence-corrected chi connectivity index (χ4v) is 3.51. The molecule has 1 fully saturated rings. The summed E-state index contributed by atoms with van der Waals surface area (Å²) in [6, 6.07) is 7.87. The normalized spacial score (nSPS) is 25.9.